The zero-order valence-electron chi connectivity index (χ0n) is 11.2. The number of benzene rings is 1. The van der Waals surface area contributed by atoms with Crippen LogP contribution < -0.4 is 15.8 Å². The number of hydrogen-bond acceptors (Lipinski definition) is 4. The molecule has 0 saturated carbocycles. The Labute approximate surface area is 127 Å². The molecular weight excluding hydrogens is 290 g/mol. The van der Waals surface area contributed by atoms with Crippen LogP contribution in [0.25, 0.3) is 0 Å². The summed E-state index contributed by atoms with van der Waals surface area (Å²) in [7, 11) is 0. The van der Waals surface area contributed by atoms with E-state index in [1.807, 2.05) is 18.2 Å². The van der Waals surface area contributed by atoms with Crippen LogP contribution in [-0.4, -0.2) is 10.9 Å². The number of fused-ring (bicyclic) bond motifs is 1. The van der Waals surface area contributed by atoms with Gasteiger partial charge in [0.25, 0.3) is 0 Å². The minimum Gasteiger partial charge on any atom is -0.487 e. The third kappa shape index (κ3) is 3.08. The molecule has 6 heteroatoms. The third-order valence-electron chi connectivity index (χ3n) is 3.29. The molecule has 1 aliphatic heterocycles. The lowest BCUT2D eigenvalue weighted by Gasteiger charge is -2.17. The topological polar surface area (TPSA) is 77.2 Å². The number of carbonyl (C=O) groups is 1. The van der Waals surface area contributed by atoms with E-state index in [1.54, 1.807) is 12.1 Å². The molecule has 1 aromatic carbocycles. The summed E-state index contributed by atoms with van der Waals surface area (Å²) in [6.07, 6.45) is 1.22. The first kappa shape index (κ1) is 13.7. The second kappa shape index (κ2) is 5.61. The summed E-state index contributed by atoms with van der Waals surface area (Å²) in [4.78, 5) is 15.5. The Bertz CT molecular complexity index is 703. The molecule has 0 unspecified atom stereocenters. The number of nitrogen functional groups attached to an aromatic ring is 1. The zero-order valence-corrected chi connectivity index (χ0v) is 12.0. The molecule has 2 aromatic rings. The fraction of sp³-hybridized carbons (Fsp3) is 0.200. The number of nitrogens with two attached hydrogens (primary N) is 1. The van der Waals surface area contributed by atoms with Crippen LogP contribution in [0.15, 0.2) is 30.3 Å². The first-order valence-corrected chi connectivity index (χ1v) is 6.96. The van der Waals surface area contributed by atoms with Crippen molar-refractivity contribution < 1.29 is 9.53 Å². The van der Waals surface area contributed by atoms with Crippen LogP contribution in [0.2, 0.25) is 5.02 Å². The van der Waals surface area contributed by atoms with Gasteiger partial charge in [-0.15, -0.1) is 0 Å². The van der Waals surface area contributed by atoms with E-state index in [0.717, 1.165) is 17.7 Å². The number of amides is 1. The van der Waals surface area contributed by atoms with Gasteiger partial charge in [-0.1, -0.05) is 11.6 Å². The third-order valence-corrected chi connectivity index (χ3v) is 3.63. The van der Waals surface area contributed by atoms with Crippen molar-refractivity contribution in [3.05, 3.63) is 46.6 Å². The van der Waals surface area contributed by atoms with E-state index < -0.39 is 0 Å². The highest BCUT2D eigenvalue weighted by atomic mass is 35.5. The predicted octanol–water partition coefficient (Wildman–Crippen LogP) is 2.78. The van der Waals surface area contributed by atoms with Gasteiger partial charge < -0.3 is 15.8 Å². The van der Waals surface area contributed by atoms with Crippen LogP contribution in [0.3, 0.4) is 0 Å². The minimum absolute atomic E-state index is 0.0481. The van der Waals surface area contributed by atoms with Crippen LogP contribution in [-0.2, 0) is 17.8 Å². The molecule has 1 aliphatic rings. The van der Waals surface area contributed by atoms with Gasteiger partial charge in [-0.05, 0) is 42.3 Å². The minimum atomic E-state index is 0.0481. The van der Waals surface area contributed by atoms with E-state index >= 15 is 0 Å². The largest absolute Gasteiger partial charge is 0.487 e. The van der Waals surface area contributed by atoms with Crippen LogP contribution in [0.4, 0.5) is 11.5 Å². The molecule has 2 heterocycles. The number of nitrogens with one attached hydrogen (secondary N) is 1. The Morgan fingerprint density at radius 3 is 3.00 bits per heavy atom. The van der Waals surface area contributed by atoms with Crippen molar-refractivity contribution in [1.29, 1.82) is 0 Å². The summed E-state index contributed by atoms with van der Waals surface area (Å²) < 4.78 is 5.71. The maximum absolute atomic E-state index is 11.3. The average Bonchev–Trinajstić information content (AvgIpc) is 2.48. The Balaban J connectivity index is 1.74. The van der Waals surface area contributed by atoms with Gasteiger partial charge >= 0.3 is 0 Å². The maximum Gasteiger partial charge on any atom is 0.224 e. The van der Waals surface area contributed by atoms with Crippen LogP contribution in [0, 0.1) is 0 Å². The monoisotopic (exact) mass is 303 g/mol. The first-order chi connectivity index (χ1) is 10.1. The summed E-state index contributed by atoms with van der Waals surface area (Å²) in [6, 6.07) is 8.92. The number of aromatic nitrogens is 1. The molecule has 0 saturated heterocycles. The molecule has 108 valence electrons. The fourth-order valence-corrected chi connectivity index (χ4v) is 2.36. The van der Waals surface area contributed by atoms with Crippen LogP contribution in [0.1, 0.15) is 17.7 Å². The maximum atomic E-state index is 11.3. The predicted molar refractivity (Wildman–Crippen MR) is 81.4 cm³/mol. The van der Waals surface area contributed by atoms with E-state index in [9.17, 15) is 4.79 Å². The molecule has 0 spiro atoms. The second-order valence-electron chi connectivity index (χ2n) is 4.82. The van der Waals surface area contributed by atoms with Crippen molar-refractivity contribution in [1.82, 2.24) is 4.98 Å². The van der Waals surface area contributed by atoms with Crippen molar-refractivity contribution in [3.8, 4) is 5.75 Å². The average molecular weight is 304 g/mol. The Morgan fingerprint density at radius 2 is 2.14 bits per heavy atom. The lowest BCUT2D eigenvalue weighted by atomic mass is 10.0. The molecule has 3 rings (SSSR count). The molecule has 1 aromatic heterocycles. The number of anilines is 2. The molecule has 0 aliphatic carbocycles. The Hall–Kier alpha value is -2.27. The van der Waals surface area contributed by atoms with Crippen molar-refractivity contribution in [2.75, 3.05) is 11.1 Å². The smallest absolute Gasteiger partial charge is 0.224 e. The van der Waals surface area contributed by atoms with Gasteiger partial charge in [-0.2, -0.15) is 0 Å². The Kier molecular flexibility index (Phi) is 3.66. The van der Waals surface area contributed by atoms with E-state index in [2.05, 4.69) is 10.3 Å². The van der Waals surface area contributed by atoms with Gasteiger partial charge in [-0.25, -0.2) is 4.98 Å². The molecule has 1 amide bonds. The zero-order chi connectivity index (χ0) is 14.8. The van der Waals surface area contributed by atoms with Crippen LogP contribution in [0.5, 0.6) is 5.75 Å². The van der Waals surface area contributed by atoms with Gasteiger partial charge in [0, 0.05) is 12.1 Å². The number of ether oxygens (including phenoxy) is 1. The number of rotatable bonds is 3. The summed E-state index contributed by atoms with van der Waals surface area (Å²) in [6.45, 7) is 0.245. The number of halogens is 1. The van der Waals surface area contributed by atoms with E-state index in [4.69, 9.17) is 22.1 Å². The van der Waals surface area contributed by atoms with Gasteiger partial charge in [-0.3, -0.25) is 4.79 Å². The molecule has 0 radical (unpaired) electrons. The van der Waals surface area contributed by atoms with Crippen molar-refractivity contribution >= 4 is 29.0 Å². The number of carbonyl (C=O) groups excluding carboxylic acids is 1. The van der Waals surface area contributed by atoms with Gasteiger partial charge in [0.1, 0.15) is 18.2 Å². The van der Waals surface area contributed by atoms with E-state index in [0.29, 0.717) is 28.7 Å². The summed E-state index contributed by atoms with van der Waals surface area (Å²) in [5.74, 6) is 1.17. The highest BCUT2D eigenvalue weighted by Gasteiger charge is 2.15. The van der Waals surface area contributed by atoms with Gasteiger partial charge in [0.05, 0.1) is 10.7 Å². The van der Waals surface area contributed by atoms with Gasteiger partial charge in [0.2, 0.25) is 5.91 Å². The lowest BCUT2D eigenvalue weighted by Crippen LogP contribution is -2.18. The molecule has 21 heavy (non-hydrogen) atoms. The quantitative estimate of drug-likeness (QED) is 0.914. The Morgan fingerprint density at radius 1 is 1.29 bits per heavy atom. The van der Waals surface area contributed by atoms with E-state index in [1.165, 1.54) is 0 Å². The molecule has 0 fully saturated rings. The summed E-state index contributed by atoms with van der Waals surface area (Å²) in [5.41, 5.74) is 8.15. The van der Waals surface area contributed by atoms with Gasteiger partial charge in [0.15, 0.2) is 0 Å². The van der Waals surface area contributed by atoms with Crippen LogP contribution >= 0.6 is 11.6 Å². The fourth-order valence-electron chi connectivity index (χ4n) is 2.20. The number of pyridine rings is 1. The van der Waals surface area contributed by atoms with Crippen molar-refractivity contribution in [3.63, 3.8) is 0 Å². The normalized spacial score (nSPS) is 13.5. The number of nitrogens with zero attached hydrogens (tertiary/aromatic N) is 1. The molecule has 0 atom stereocenters. The summed E-state index contributed by atoms with van der Waals surface area (Å²) >= 11 is 6.05. The van der Waals surface area contributed by atoms with Crippen molar-refractivity contribution in [2.45, 2.75) is 19.4 Å². The highest BCUT2D eigenvalue weighted by molar-refractivity contribution is 6.31. The molecule has 5 nitrogen and oxygen atoms in total. The molecule has 0 bridgehead atoms. The molecule has 3 N–H and O–H groups in total. The standard InChI is InChI=1S/C15H14ClN3O2/c16-11-3-5-14(17)18-13(11)8-21-10-2-4-12-9(7-10)1-6-15(20)19-12/h2-5,7H,1,6,8H2,(H2,17,18)(H,19,20). The summed E-state index contributed by atoms with van der Waals surface area (Å²) in [5, 5.41) is 3.36. The number of aryl methyl sites for hydroxylation is 1. The van der Waals surface area contributed by atoms with E-state index in [-0.39, 0.29) is 12.5 Å². The first-order valence-electron chi connectivity index (χ1n) is 6.58. The lowest BCUT2D eigenvalue weighted by molar-refractivity contribution is -0.116. The van der Waals surface area contributed by atoms with Crippen molar-refractivity contribution in [2.24, 2.45) is 0 Å². The molecular formula is C15H14ClN3O2. The SMILES string of the molecule is Nc1ccc(Cl)c(COc2ccc3c(c2)CCC(=O)N3)n1. The second-order valence-corrected chi connectivity index (χ2v) is 5.23. The number of hydrogen-bond donors (Lipinski definition) is 2. The highest BCUT2D eigenvalue weighted by Crippen LogP contribution is 2.27.